The van der Waals surface area contributed by atoms with E-state index in [0.717, 1.165) is 19.3 Å². The Kier molecular flexibility index (Phi) is 9.07. The average Bonchev–Trinajstić information content (AvgIpc) is 2.32. The van der Waals surface area contributed by atoms with E-state index in [2.05, 4.69) is 46.9 Å². The third-order valence-corrected chi connectivity index (χ3v) is 3.60. The van der Waals surface area contributed by atoms with Gasteiger partial charge in [-0.2, -0.15) is 0 Å². The summed E-state index contributed by atoms with van der Waals surface area (Å²) in [4.78, 5) is 11.9. The molecule has 0 aromatic carbocycles. The fourth-order valence-corrected chi connectivity index (χ4v) is 2.45. The number of esters is 1. The van der Waals surface area contributed by atoms with Gasteiger partial charge in [0.25, 0.3) is 0 Å². The highest BCUT2D eigenvalue weighted by Gasteiger charge is 2.27. The average molecular weight is 271 g/mol. The molecule has 0 aliphatic carbocycles. The minimum atomic E-state index is -0.183. The smallest absolute Gasteiger partial charge is 0.323 e. The second-order valence-corrected chi connectivity index (χ2v) is 6.51. The van der Waals surface area contributed by atoms with Gasteiger partial charge >= 0.3 is 5.97 Å². The molecule has 2 atom stereocenters. The van der Waals surface area contributed by atoms with Crippen molar-refractivity contribution in [2.75, 3.05) is 7.11 Å². The number of carbonyl (C=O) groups excluding carboxylic acids is 1. The van der Waals surface area contributed by atoms with Crippen molar-refractivity contribution in [2.24, 2.45) is 17.8 Å². The zero-order valence-electron chi connectivity index (χ0n) is 13.8. The van der Waals surface area contributed by atoms with Gasteiger partial charge in [0.05, 0.1) is 7.11 Å². The number of hydrogen-bond acceptors (Lipinski definition) is 3. The summed E-state index contributed by atoms with van der Waals surface area (Å²) < 4.78 is 4.94. The molecule has 0 saturated heterocycles. The molecule has 3 nitrogen and oxygen atoms in total. The van der Waals surface area contributed by atoms with Crippen molar-refractivity contribution >= 4 is 5.97 Å². The lowest BCUT2D eigenvalue weighted by Crippen LogP contribution is -2.48. The van der Waals surface area contributed by atoms with Crippen molar-refractivity contribution in [3.8, 4) is 0 Å². The van der Waals surface area contributed by atoms with Gasteiger partial charge in [0, 0.05) is 6.04 Å². The Labute approximate surface area is 119 Å². The molecule has 0 spiro atoms. The molecule has 2 unspecified atom stereocenters. The molecule has 0 aromatic rings. The van der Waals surface area contributed by atoms with Gasteiger partial charge in [0.2, 0.25) is 0 Å². The largest absolute Gasteiger partial charge is 0.468 e. The highest BCUT2D eigenvalue weighted by atomic mass is 16.5. The molecule has 0 heterocycles. The summed E-state index contributed by atoms with van der Waals surface area (Å²) in [6.45, 7) is 13.1. The summed E-state index contributed by atoms with van der Waals surface area (Å²) in [5.41, 5.74) is 0. The Morgan fingerprint density at radius 3 is 1.84 bits per heavy atom. The first kappa shape index (κ1) is 18.4. The monoisotopic (exact) mass is 271 g/mol. The van der Waals surface area contributed by atoms with Crippen LogP contribution in [0.4, 0.5) is 0 Å². The molecule has 19 heavy (non-hydrogen) atoms. The first-order chi connectivity index (χ1) is 8.81. The highest BCUT2D eigenvalue weighted by molar-refractivity contribution is 5.76. The van der Waals surface area contributed by atoms with Gasteiger partial charge in [-0.3, -0.25) is 4.79 Å². The van der Waals surface area contributed by atoms with Crippen LogP contribution in [0.15, 0.2) is 0 Å². The van der Waals surface area contributed by atoms with E-state index in [4.69, 9.17) is 4.74 Å². The first-order valence-corrected chi connectivity index (χ1v) is 7.65. The quantitative estimate of drug-likeness (QED) is 0.651. The maximum atomic E-state index is 11.9. The Hall–Kier alpha value is -0.570. The lowest BCUT2D eigenvalue weighted by Gasteiger charge is -2.29. The molecule has 0 bridgehead atoms. The van der Waals surface area contributed by atoms with Crippen molar-refractivity contribution in [2.45, 2.75) is 72.9 Å². The van der Waals surface area contributed by atoms with Crippen LogP contribution in [0.2, 0.25) is 0 Å². The Morgan fingerprint density at radius 2 is 1.53 bits per heavy atom. The molecule has 3 heteroatoms. The Morgan fingerprint density at radius 1 is 1.05 bits per heavy atom. The predicted molar refractivity (Wildman–Crippen MR) is 81.1 cm³/mol. The van der Waals surface area contributed by atoms with Crippen molar-refractivity contribution in [3.63, 3.8) is 0 Å². The maximum Gasteiger partial charge on any atom is 0.323 e. The lowest BCUT2D eigenvalue weighted by molar-refractivity contribution is -0.144. The zero-order chi connectivity index (χ0) is 15.0. The van der Waals surface area contributed by atoms with Crippen LogP contribution < -0.4 is 5.32 Å². The molecule has 114 valence electrons. The number of hydrogen-bond donors (Lipinski definition) is 1. The van der Waals surface area contributed by atoms with Crippen molar-refractivity contribution in [1.82, 2.24) is 5.32 Å². The minimum Gasteiger partial charge on any atom is -0.468 e. The van der Waals surface area contributed by atoms with Crippen LogP contribution >= 0.6 is 0 Å². The maximum absolute atomic E-state index is 11.9. The summed E-state index contributed by atoms with van der Waals surface area (Å²) in [6, 6.07) is 0.204. The van der Waals surface area contributed by atoms with Crippen molar-refractivity contribution in [1.29, 1.82) is 0 Å². The summed E-state index contributed by atoms with van der Waals surface area (Å²) in [6.07, 6.45) is 3.17. The van der Waals surface area contributed by atoms with E-state index in [9.17, 15) is 4.79 Å². The normalized spacial score (nSPS) is 15.1. The summed E-state index contributed by atoms with van der Waals surface area (Å²) in [5.74, 6) is 1.43. The van der Waals surface area contributed by atoms with E-state index in [1.165, 1.54) is 7.11 Å². The molecule has 0 aliphatic heterocycles. The molecular formula is C16H33NO2. The van der Waals surface area contributed by atoms with Gasteiger partial charge in [0.15, 0.2) is 0 Å². The van der Waals surface area contributed by atoms with Gasteiger partial charge < -0.3 is 10.1 Å². The molecule has 0 aliphatic rings. The number of ether oxygens (including phenoxy) is 1. The number of rotatable bonds is 9. The topological polar surface area (TPSA) is 38.3 Å². The van der Waals surface area contributed by atoms with Crippen LogP contribution in [0.5, 0.6) is 0 Å². The van der Waals surface area contributed by atoms with Crippen molar-refractivity contribution < 1.29 is 9.53 Å². The van der Waals surface area contributed by atoms with Crippen LogP contribution in [-0.4, -0.2) is 25.2 Å². The van der Waals surface area contributed by atoms with Crippen LogP contribution in [0.1, 0.15) is 60.8 Å². The summed E-state index contributed by atoms with van der Waals surface area (Å²) >= 11 is 0. The molecule has 1 N–H and O–H groups in total. The van der Waals surface area contributed by atoms with Gasteiger partial charge in [-0.05, 0) is 30.6 Å². The number of nitrogens with one attached hydrogen (secondary N) is 1. The molecule has 0 aromatic heterocycles. The van der Waals surface area contributed by atoms with Crippen molar-refractivity contribution in [3.05, 3.63) is 0 Å². The molecule has 0 saturated carbocycles. The third-order valence-electron chi connectivity index (χ3n) is 3.60. The first-order valence-electron chi connectivity index (χ1n) is 7.65. The molecule has 0 fully saturated rings. The van der Waals surface area contributed by atoms with E-state index in [0.29, 0.717) is 23.8 Å². The van der Waals surface area contributed by atoms with E-state index >= 15 is 0 Å². The SMILES string of the molecule is CCC(C)C(NC(CC(C)C)CC(C)C)C(=O)OC. The zero-order valence-corrected chi connectivity index (χ0v) is 13.8. The minimum absolute atomic E-state index is 0.133. The molecule has 0 amide bonds. The van der Waals surface area contributed by atoms with Crippen LogP contribution in [0.3, 0.4) is 0 Å². The van der Waals surface area contributed by atoms with E-state index < -0.39 is 0 Å². The standard InChI is InChI=1S/C16H33NO2/c1-8-13(6)15(16(18)19-7)17-14(9-11(2)3)10-12(4)5/h11-15,17H,8-10H2,1-7H3. The van der Waals surface area contributed by atoms with Gasteiger partial charge in [-0.25, -0.2) is 0 Å². The fourth-order valence-electron chi connectivity index (χ4n) is 2.45. The predicted octanol–water partition coefficient (Wildman–Crippen LogP) is 3.62. The van der Waals surface area contributed by atoms with Crippen LogP contribution in [-0.2, 0) is 9.53 Å². The third kappa shape index (κ3) is 7.56. The molecule has 0 rings (SSSR count). The number of carbonyl (C=O) groups is 1. The second kappa shape index (κ2) is 9.35. The van der Waals surface area contributed by atoms with Crippen LogP contribution in [0, 0.1) is 17.8 Å². The Balaban J connectivity index is 4.75. The summed E-state index contributed by atoms with van der Waals surface area (Å²) in [7, 11) is 1.47. The fraction of sp³-hybridized carbons (Fsp3) is 0.938. The molecule has 0 radical (unpaired) electrons. The van der Waals surface area contributed by atoms with Gasteiger partial charge in [0.1, 0.15) is 6.04 Å². The Bertz CT molecular complexity index is 241. The highest BCUT2D eigenvalue weighted by Crippen LogP contribution is 2.17. The lowest BCUT2D eigenvalue weighted by atomic mass is 9.92. The second-order valence-electron chi connectivity index (χ2n) is 6.51. The van der Waals surface area contributed by atoms with E-state index in [1.54, 1.807) is 0 Å². The van der Waals surface area contributed by atoms with Gasteiger partial charge in [-0.1, -0.05) is 48.0 Å². The van der Waals surface area contributed by atoms with E-state index in [-0.39, 0.29) is 12.0 Å². The molecular weight excluding hydrogens is 238 g/mol. The van der Waals surface area contributed by atoms with E-state index in [1.807, 2.05) is 0 Å². The van der Waals surface area contributed by atoms with Gasteiger partial charge in [-0.15, -0.1) is 0 Å². The summed E-state index contributed by atoms with van der Waals surface area (Å²) in [5, 5.41) is 3.54. The number of methoxy groups -OCH3 is 1. The van der Waals surface area contributed by atoms with Crippen LogP contribution in [0.25, 0.3) is 0 Å².